The highest BCUT2D eigenvalue weighted by Gasteiger charge is 2.26. The third kappa shape index (κ3) is 2.48. The van der Waals surface area contributed by atoms with Crippen LogP contribution in [0.1, 0.15) is 33.6 Å². The van der Waals surface area contributed by atoms with Crippen molar-refractivity contribution in [2.24, 2.45) is 5.10 Å². The van der Waals surface area contributed by atoms with Gasteiger partial charge in [-0.3, -0.25) is 0 Å². The molecular formula is C23H23N3. The lowest BCUT2D eigenvalue weighted by Gasteiger charge is -2.25. The molecule has 0 spiro atoms. The largest absolute Gasteiger partial charge is 0.317 e. The molecule has 4 rings (SSSR count). The van der Waals surface area contributed by atoms with E-state index >= 15 is 0 Å². The van der Waals surface area contributed by atoms with Gasteiger partial charge in [-0.2, -0.15) is 5.10 Å². The van der Waals surface area contributed by atoms with Gasteiger partial charge >= 0.3 is 0 Å². The van der Waals surface area contributed by atoms with E-state index in [0.717, 1.165) is 16.9 Å². The molecule has 130 valence electrons. The molecule has 0 atom stereocenters. The number of aromatic nitrogens is 1. The van der Waals surface area contributed by atoms with Gasteiger partial charge in [0.2, 0.25) is 0 Å². The molecule has 0 radical (unpaired) electrons. The summed E-state index contributed by atoms with van der Waals surface area (Å²) in [5, 5.41) is 6.62. The number of fused-ring (bicyclic) bond motifs is 1. The average molecular weight is 341 g/mol. The van der Waals surface area contributed by atoms with Crippen molar-refractivity contribution >= 4 is 17.6 Å². The van der Waals surface area contributed by atoms with E-state index < -0.39 is 0 Å². The minimum Gasteiger partial charge on any atom is -0.317 e. The molecule has 3 nitrogen and oxygen atoms in total. The third-order valence-corrected chi connectivity index (χ3v) is 5.04. The zero-order chi connectivity index (χ0) is 18.4. The van der Waals surface area contributed by atoms with Crippen LogP contribution in [0.15, 0.2) is 60.2 Å². The molecule has 2 aromatic carbocycles. The summed E-state index contributed by atoms with van der Waals surface area (Å²) in [6.45, 7) is 12.9. The maximum absolute atomic E-state index is 4.69. The summed E-state index contributed by atoms with van der Waals surface area (Å²) in [5.41, 5.74) is 10.3. The van der Waals surface area contributed by atoms with E-state index in [0.29, 0.717) is 0 Å². The number of hydrogen-bond donors (Lipinski definition) is 0. The first-order chi connectivity index (χ1) is 12.5. The van der Waals surface area contributed by atoms with Crippen molar-refractivity contribution in [1.29, 1.82) is 0 Å². The van der Waals surface area contributed by atoms with Gasteiger partial charge in [-0.05, 0) is 63.1 Å². The monoisotopic (exact) mass is 341 g/mol. The molecule has 0 saturated heterocycles. The van der Waals surface area contributed by atoms with Gasteiger partial charge in [0.15, 0.2) is 0 Å². The van der Waals surface area contributed by atoms with Gasteiger partial charge in [0.1, 0.15) is 0 Å². The highest BCUT2D eigenvalue weighted by Crippen LogP contribution is 2.36. The molecule has 0 N–H and O–H groups in total. The number of nitrogens with zero attached hydrogens (tertiary/aromatic N) is 3. The third-order valence-electron chi connectivity index (χ3n) is 5.04. The number of anilines is 1. The highest BCUT2D eigenvalue weighted by atomic mass is 15.5. The Balaban J connectivity index is 1.85. The van der Waals surface area contributed by atoms with E-state index in [1.54, 1.807) is 0 Å². The average Bonchev–Trinajstić information content (AvgIpc) is 2.86. The fourth-order valence-corrected chi connectivity index (χ4v) is 3.81. The van der Waals surface area contributed by atoms with Crippen LogP contribution in [0, 0.1) is 27.7 Å². The van der Waals surface area contributed by atoms with Crippen LogP contribution in [0.5, 0.6) is 0 Å². The molecule has 0 aliphatic carbocycles. The second-order valence-corrected chi connectivity index (χ2v) is 6.98. The summed E-state index contributed by atoms with van der Waals surface area (Å²) in [5.74, 6) is 0. The smallest absolute Gasteiger partial charge is 0.0678 e. The number of rotatable bonds is 2. The zero-order valence-electron chi connectivity index (χ0n) is 15.7. The van der Waals surface area contributed by atoms with Gasteiger partial charge in [-0.1, -0.05) is 30.8 Å². The Hall–Kier alpha value is -3.07. The van der Waals surface area contributed by atoms with E-state index in [1.807, 2.05) is 11.2 Å². The lowest BCUT2D eigenvalue weighted by Crippen LogP contribution is -2.19. The summed E-state index contributed by atoms with van der Waals surface area (Å²) in [6, 6.07) is 16.9. The Labute approximate surface area is 154 Å². The molecule has 26 heavy (non-hydrogen) atoms. The molecule has 1 aromatic heterocycles. The maximum Gasteiger partial charge on any atom is 0.0678 e. The molecule has 1 aliphatic rings. The molecule has 1 aliphatic heterocycles. The van der Waals surface area contributed by atoms with Crippen LogP contribution in [0.4, 0.5) is 5.69 Å². The Morgan fingerprint density at radius 2 is 1.42 bits per heavy atom. The first kappa shape index (κ1) is 16.4. The fourth-order valence-electron chi connectivity index (χ4n) is 3.81. The van der Waals surface area contributed by atoms with Crippen LogP contribution in [0.3, 0.4) is 0 Å². The van der Waals surface area contributed by atoms with Gasteiger partial charge in [0.05, 0.1) is 17.6 Å². The van der Waals surface area contributed by atoms with Crippen molar-refractivity contribution in [2.45, 2.75) is 27.7 Å². The molecular weight excluding hydrogens is 318 g/mol. The maximum atomic E-state index is 4.69. The predicted molar refractivity (Wildman–Crippen MR) is 110 cm³/mol. The SMILES string of the molecule is C=C1c2c(c(C)n(-c3cccc(C)c3)c2C)C=NN1c1cccc(C)c1. The van der Waals surface area contributed by atoms with Crippen LogP contribution in [-0.4, -0.2) is 10.8 Å². The molecule has 0 fully saturated rings. The number of hydrazone groups is 1. The van der Waals surface area contributed by atoms with Crippen molar-refractivity contribution in [3.8, 4) is 5.69 Å². The summed E-state index contributed by atoms with van der Waals surface area (Å²) < 4.78 is 2.30. The summed E-state index contributed by atoms with van der Waals surface area (Å²) in [7, 11) is 0. The lowest BCUT2D eigenvalue weighted by molar-refractivity contribution is 0.960. The second-order valence-electron chi connectivity index (χ2n) is 6.98. The molecule has 3 aromatic rings. The standard InChI is InChI=1S/C23H23N3/c1-15-8-6-10-20(12-15)25-17(3)22-14-24-26(19(5)23(22)18(25)4)21-11-7-9-16(2)13-21/h6-14H,5H2,1-4H3. The quantitative estimate of drug-likeness (QED) is 0.600. The number of aryl methyl sites for hydroxylation is 2. The van der Waals surface area contributed by atoms with Gasteiger partial charge in [0, 0.05) is 28.2 Å². The van der Waals surface area contributed by atoms with E-state index in [4.69, 9.17) is 0 Å². The van der Waals surface area contributed by atoms with Crippen molar-refractivity contribution in [2.75, 3.05) is 5.01 Å². The van der Waals surface area contributed by atoms with Gasteiger partial charge in [-0.25, -0.2) is 5.01 Å². The molecule has 0 bridgehead atoms. The topological polar surface area (TPSA) is 20.5 Å². The predicted octanol–water partition coefficient (Wildman–Crippen LogP) is 5.54. The van der Waals surface area contributed by atoms with Crippen molar-refractivity contribution in [3.63, 3.8) is 0 Å². The molecule has 2 heterocycles. The van der Waals surface area contributed by atoms with Crippen molar-refractivity contribution in [3.05, 3.63) is 88.8 Å². The van der Waals surface area contributed by atoms with Crippen LogP contribution < -0.4 is 5.01 Å². The van der Waals surface area contributed by atoms with Crippen molar-refractivity contribution < 1.29 is 0 Å². The second kappa shape index (κ2) is 6.03. The van der Waals surface area contributed by atoms with Gasteiger partial charge in [-0.15, -0.1) is 0 Å². The summed E-state index contributed by atoms with van der Waals surface area (Å²) >= 11 is 0. The number of benzene rings is 2. The molecule has 0 unspecified atom stereocenters. The van der Waals surface area contributed by atoms with E-state index in [9.17, 15) is 0 Å². The Morgan fingerprint density at radius 3 is 2.08 bits per heavy atom. The zero-order valence-corrected chi connectivity index (χ0v) is 15.7. The van der Waals surface area contributed by atoms with Gasteiger partial charge < -0.3 is 4.57 Å². The van der Waals surface area contributed by atoms with Gasteiger partial charge in [0.25, 0.3) is 0 Å². The van der Waals surface area contributed by atoms with E-state index in [2.05, 4.69) is 92.5 Å². The summed E-state index contributed by atoms with van der Waals surface area (Å²) in [4.78, 5) is 0. The molecule has 0 amide bonds. The van der Waals surface area contributed by atoms with E-state index in [1.165, 1.54) is 33.8 Å². The summed E-state index contributed by atoms with van der Waals surface area (Å²) in [6.07, 6.45) is 1.96. The molecule has 0 saturated carbocycles. The Bertz CT molecular complexity index is 1050. The fraction of sp³-hybridized carbons (Fsp3) is 0.174. The highest BCUT2D eigenvalue weighted by molar-refractivity contribution is 5.98. The Morgan fingerprint density at radius 1 is 0.808 bits per heavy atom. The first-order valence-corrected chi connectivity index (χ1v) is 8.86. The first-order valence-electron chi connectivity index (χ1n) is 8.86. The van der Waals surface area contributed by atoms with Crippen molar-refractivity contribution in [1.82, 2.24) is 4.57 Å². The Kier molecular flexibility index (Phi) is 3.80. The van der Waals surface area contributed by atoms with Crippen LogP contribution >= 0.6 is 0 Å². The van der Waals surface area contributed by atoms with Crippen LogP contribution in [0.25, 0.3) is 11.4 Å². The minimum atomic E-state index is 0.917. The van der Waals surface area contributed by atoms with Crippen LogP contribution in [-0.2, 0) is 0 Å². The van der Waals surface area contributed by atoms with Crippen LogP contribution in [0.2, 0.25) is 0 Å². The van der Waals surface area contributed by atoms with E-state index in [-0.39, 0.29) is 0 Å². The normalized spacial score (nSPS) is 13.2. The minimum absolute atomic E-state index is 0.917. The molecule has 3 heteroatoms. The number of hydrogen-bond acceptors (Lipinski definition) is 2. The lowest BCUT2D eigenvalue weighted by atomic mass is 10.0.